The Balaban J connectivity index is 0.00000117. The molecular formula is C22H27NO3. The maximum Gasteiger partial charge on any atom is 0.339 e. The molecule has 138 valence electrons. The van der Waals surface area contributed by atoms with Crippen molar-refractivity contribution in [3.05, 3.63) is 71.0 Å². The molecule has 0 saturated carbocycles. The van der Waals surface area contributed by atoms with Gasteiger partial charge in [-0.1, -0.05) is 50.2 Å². The van der Waals surface area contributed by atoms with Gasteiger partial charge in [-0.15, -0.1) is 0 Å². The molecule has 0 radical (unpaired) electrons. The molecule has 0 aliphatic carbocycles. The molecule has 4 heteroatoms. The quantitative estimate of drug-likeness (QED) is 0.675. The number of rotatable bonds is 5. The van der Waals surface area contributed by atoms with E-state index in [0.717, 1.165) is 12.0 Å². The first-order chi connectivity index (χ1) is 12.5. The predicted octanol–water partition coefficient (Wildman–Crippen LogP) is 5.31. The van der Waals surface area contributed by atoms with E-state index in [1.807, 2.05) is 64.3 Å². The summed E-state index contributed by atoms with van der Waals surface area (Å²) in [6.07, 6.45) is 0.860. The van der Waals surface area contributed by atoms with Crippen molar-refractivity contribution in [2.75, 3.05) is 14.1 Å². The Morgan fingerprint density at radius 1 is 1.12 bits per heavy atom. The number of aromatic carboxylic acids is 1. The van der Waals surface area contributed by atoms with E-state index in [9.17, 15) is 9.90 Å². The molecule has 1 aromatic heterocycles. The van der Waals surface area contributed by atoms with Crippen molar-refractivity contribution in [3.8, 4) is 0 Å². The van der Waals surface area contributed by atoms with E-state index >= 15 is 0 Å². The molecule has 0 aliphatic rings. The van der Waals surface area contributed by atoms with Gasteiger partial charge in [-0.2, -0.15) is 0 Å². The Bertz CT molecular complexity index is 866. The molecule has 1 N–H and O–H groups in total. The van der Waals surface area contributed by atoms with Crippen LogP contribution in [-0.2, 0) is 6.42 Å². The first-order valence-corrected chi connectivity index (χ1v) is 8.94. The summed E-state index contributed by atoms with van der Waals surface area (Å²) in [5.41, 5.74) is 3.20. The van der Waals surface area contributed by atoms with Gasteiger partial charge in [0.25, 0.3) is 0 Å². The van der Waals surface area contributed by atoms with Gasteiger partial charge in [0.2, 0.25) is 0 Å². The zero-order valence-electron chi connectivity index (χ0n) is 16.1. The Morgan fingerprint density at radius 3 is 2.35 bits per heavy atom. The van der Waals surface area contributed by atoms with Gasteiger partial charge in [-0.25, -0.2) is 4.79 Å². The summed E-state index contributed by atoms with van der Waals surface area (Å²) in [6.45, 7) is 5.69. The lowest BCUT2D eigenvalue weighted by Gasteiger charge is -2.25. The van der Waals surface area contributed by atoms with E-state index in [2.05, 4.69) is 17.0 Å². The first-order valence-electron chi connectivity index (χ1n) is 8.94. The van der Waals surface area contributed by atoms with Crippen molar-refractivity contribution in [2.45, 2.75) is 33.2 Å². The molecule has 4 nitrogen and oxygen atoms in total. The fourth-order valence-electron chi connectivity index (χ4n) is 3.15. The number of nitrogens with zero attached hydrogens (tertiary/aromatic N) is 1. The predicted molar refractivity (Wildman–Crippen MR) is 106 cm³/mol. The largest absolute Gasteiger partial charge is 0.478 e. The lowest BCUT2D eigenvalue weighted by atomic mass is 9.96. The lowest BCUT2D eigenvalue weighted by Crippen LogP contribution is -2.22. The highest BCUT2D eigenvalue weighted by Crippen LogP contribution is 2.31. The highest BCUT2D eigenvalue weighted by Gasteiger charge is 2.21. The number of carboxylic acids is 1. The van der Waals surface area contributed by atoms with Crippen LogP contribution in [0.15, 0.2) is 52.9 Å². The van der Waals surface area contributed by atoms with E-state index < -0.39 is 5.97 Å². The molecule has 3 aromatic rings. The molecule has 0 saturated heterocycles. The maximum absolute atomic E-state index is 11.5. The Morgan fingerprint density at radius 2 is 1.77 bits per heavy atom. The standard InChI is InChI=1S/C20H21NO3.C2H6/c1-13-19(20(22)23)16-12-15(9-10-18(16)24-13)17(21(2)3)11-14-7-5-4-6-8-14;1-2/h4-10,12,17H,11H2,1-3H3,(H,22,23);1-2H3. The third kappa shape index (κ3) is 4.14. The fourth-order valence-corrected chi connectivity index (χ4v) is 3.15. The summed E-state index contributed by atoms with van der Waals surface area (Å²) in [7, 11) is 4.08. The van der Waals surface area contributed by atoms with Crippen molar-refractivity contribution in [1.82, 2.24) is 4.90 Å². The molecule has 0 aliphatic heterocycles. The Hall–Kier alpha value is -2.59. The molecule has 3 rings (SSSR count). The number of hydrogen-bond donors (Lipinski definition) is 1. The van der Waals surface area contributed by atoms with Crippen LogP contribution < -0.4 is 0 Å². The van der Waals surface area contributed by atoms with Gasteiger partial charge in [0.15, 0.2) is 0 Å². The molecule has 0 amide bonds. The van der Waals surface area contributed by atoms with Gasteiger partial charge >= 0.3 is 5.97 Å². The van der Waals surface area contributed by atoms with Crippen LogP contribution in [0.25, 0.3) is 11.0 Å². The van der Waals surface area contributed by atoms with Crippen LogP contribution in [0.4, 0.5) is 0 Å². The van der Waals surface area contributed by atoms with Gasteiger partial charge in [0.1, 0.15) is 16.9 Å². The number of furan rings is 1. The first kappa shape index (κ1) is 19.7. The SMILES string of the molecule is CC.Cc1oc2ccc(C(Cc3ccccc3)N(C)C)cc2c1C(=O)O. The van der Waals surface area contributed by atoms with Crippen LogP contribution in [0, 0.1) is 6.92 Å². The minimum Gasteiger partial charge on any atom is -0.478 e. The summed E-state index contributed by atoms with van der Waals surface area (Å²) in [4.78, 5) is 13.7. The number of likely N-dealkylation sites (N-methyl/N-ethyl adjacent to an activating group) is 1. The summed E-state index contributed by atoms with van der Waals surface area (Å²) < 4.78 is 5.58. The number of carbonyl (C=O) groups is 1. The molecule has 1 atom stereocenters. The van der Waals surface area contributed by atoms with Crippen LogP contribution in [-0.4, -0.2) is 30.1 Å². The average molecular weight is 353 g/mol. The van der Waals surface area contributed by atoms with Crippen LogP contribution in [0.5, 0.6) is 0 Å². The summed E-state index contributed by atoms with van der Waals surface area (Å²) in [5.74, 6) is -0.507. The minimum absolute atomic E-state index is 0.161. The van der Waals surface area contributed by atoms with Crippen molar-refractivity contribution in [1.29, 1.82) is 0 Å². The molecule has 1 heterocycles. The van der Waals surface area contributed by atoms with E-state index in [1.165, 1.54) is 5.56 Å². The van der Waals surface area contributed by atoms with Gasteiger partial charge < -0.3 is 14.4 Å². The Labute approximate surface area is 155 Å². The van der Waals surface area contributed by atoms with Crippen LogP contribution >= 0.6 is 0 Å². The molecule has 0 bridgehead atoms. The molecule has 26 heavy (non-hydrogen) atoms. The molecule has 0 fully saturated rings. The second kappa shape index (κ2) is 8.68. The van der Waals surface area contributed by atoms with Crippen molar-refractivity contribution in [2.24, 2.45) is 0 Å². The van der Waals surface area contributed by atoms with E-state index in [-0.39, 0.29) is 11.6 Å². The zero-order valence-corrected chi connectivity index (χ0v) is 16.1. The van der Waals surface area contributed by atoms with Gasteiger partial charge in [-0.3, -0.25) is 0 Å². The summed E-state index contributed by atoms with van der Waals surface area (Å²) >= 11 is 0. The third-order valence-corrected chi connectivity index (χ3v) is 4.38. The molecule has 1 unspecified atom stereocenters. The monoisotopic (exact) mass is 353 g/mol. The number of fused-ring (bicyclic) bond motifs is 1. The van der Waals surface area contributed by atoms with E-state index in [4.69, 9.17) is 4.42 Å². The van der Waals surface area contributed by atoms with Gasteiger partial charge in [0, 0.05) is 11.4 Å². The molecular weight excluding hydrogens is 326 g/mol. The number of benzene rings is 2. The summed E-state index contributed by atoms with van der Waals surface area (Å²) in [5, 5.41) is 10.1. The van der Waals surface area contributed by atoms with Crippen LogP contribution in [0.3, 0.4) is 0 Å². The molecule has 2 aromatic carbocycles. The van der Waals surface area contributed by atoms with Crippen molar-refractivity contribution in [3.63, 3.8) is 0 Å². The van der Waals surface area contributed by atoms with Crippen molar-refractivity contribution >= 4 is 16.9 Å². The van der Waals surface area contributed by atoms with Gasteiger partial charge in [0.05, 0.1) is 0 Å². The number of carboxylic acid groups (broad SMARTS) is 1. The zero-order chi connectivity index (χ0) is 19.3. The minimum atomic E-state index is -0.951. The van der Waals surface area contributed by atoms with Crippen molar-refractivity contribution < 1.29 is 14.3 Å². The highest BCUT2D eigenvalue weighted by atomic mass is 16.4. The topological polar surface area (TPSA) is 53.7 Å². The normalized spacial score (nSPS) is 11.9. The maximum atomic E-state index is 11.5. The summed E-state index contributed by atoms with van der Waals surface area (Å²) in [6, 6.07) is 16.3. The average Bonchev–Trinajstić information content (AvgIpc) is 2.97. The second-order valence-electron chi connectivity index (χ2n) is 6.26. The number of hydrogen-bond acceptors (Lipinski definition) is 3. The van der Waals surface area contributed by atoms with E-state index in [1.54, 1.807) is 6.92 Å². The lowest BCUT2D eigenvalue weighted by molar-refractivity contribution is 0.0697. The molecule has 0 spiro atoms. The van der Waals surface area contributed by atoms with Crippen LogP contribution in [0.2, 0.25) is 0 Å². The van der Waals surface area contributed by atoms with Crippen LogP contribution in [0.1, 0.15) is 47.1 Å². The van der Waals surface area contributed by atoms with E-state index in [0.29, 0.717) is 16.7 Å². The third-order valence-electron chi connectivity index (χ3n) is 4.38. The smallest absolute Gasteiger partial charge is 0.339 e. The number of aryl methyl sites for hydroxylation is 1. The Kier molecular flexibility index (Phi) is 6.58. The fraction of sp³-hybridized carbons (Fsp3) is 0.318. The second-order valence-corrected chi connectivity index (χ2v) is 6.26. The van der Waals surface area contributed by atoms with Gasteiger partial charge in [-0.05, 0) is 50.7 Å². The highest BCUT2D eigenvalue weighted by molar-refractivity contribution is 6.03.